The third-order valence-corrected chi connectivity index (χ3v) is 2.75. The number of halogens is 1. The fourth-order valence-electron chi connectivity index (χ4n) is 1.06. The Balaban J connectivity index is 3.68. The first-order valence-corrected chi connectivity index (χ1v) is 5.36. The third kappa shape index (κ3) is 2.04. The van der Waals surface area contributed by atoms with E-state index in [2.05, 4.69) is 0 Å². The lowest BCUT2D eigenvalue weighted by atomic mass is 10.1. The van der Waals surface area contributed by atoms with Gasteiger partial charge in [0.1, 0.15) is 11.0 Å². The Hall–Kier alpha value is -1.09. The van der Waals surface area contributed by atoms with Crippen LogP contribution in [0.25, 0.3) is 0 Å². The van der Waals surface area contributed by atoms with Crippen molar-refractivity contribution in [3.63, 3.8) is 0 Å². The van der Waals surface area contributed by atoms with Gasteiger partial charge in [0.25, 0.3) is 10.1 Å². The molecule has 0 amide bonds. The van der Waals surface area contributed by atoms with Crippen molar-refractivity contribution in [1.82, 2.24) is 0 Å². The van der Waals surface area contributed by atoms with Crippen molar-refractivity contribution in [3.05, 3.63) is 28.3 Å². The molecule has 74 valence electrons. The largest absolute Gasteiger partial charge is 0.295 e. The summed E-state index contributed by atoms with van der Waals surface area (Å²) in [4.78, 5) is -0.454. The monoisotopic (exact) mass is 231 g/mol. The fourth-order valence-corrected chi connectivity index (χ4v) is 2.14. The predicted octanol–water partition coefficient (Wildman–Crippen LogP) is 1.77. The highest BCUT2D eigenvalue weighted by molar-refractivity contribution is 7.85. The molecule has 0 unspecified atom stereocenters. The first-order chi connectivity index (χ1) is 6.36. The van der Waals surface area contributed by atoms with Gasteiger partial charge in [-0.25, -0.2) is 0 Å². The minimum atomic E-state index is -4.40. The second kappa shape index (κ2) is 3.58. The van der Waals surface area contributed by atoms with Crippen LogP contribution in [0.4, 0.5) is 0 Å². The Bertz CT molecular complexity index is 516. The second-order valence-electron chi connectivity index (χ2n) is 2.68. The van der Waals surface area contributed by atoms with E-state index in [1.165, 1.54) is 6.07 Å². The van der Waals surface area contributed by atoms with Gasteiger partial charge in [0, 0.05) is 5.02 Å². The van der Waals surface area contributed by atoms with Gasteiger partial charge < -0.3 is 0 Å². The Morgan fingerprint density at radius 3 is 2.50 bits per heavy atom. The molecule has 0 atom stereocenters. The quantitative estimate of drug-likeness (QED) is 0.747. The van der Waals surface area contributed by atoms with E-state index >= 15 is 0 Å². The molecule has 0 saturated carbocycles. The molecule has 0 spiro atoms. The highest BCUT2D eigenvalue weighted by Crippen LogP contribution is 2.23. The van der Waals surface area contributed by atoms with E-state index in [1.807, 2.05) is 0 Å². The molecule has 0 heterocycles. The summed E-state index contributed by atoms with van der Waals surface area (Å²) in [6, 6.07) is 4.20. The van der Waals surface area contributed by atoms with Gasteiger partial charge in [-0.3, -0.25) is 4.55 Å². The maximum Gasteiger partial charge on any atom is 0.295 e. The Labute approximate surface area is 86.5 Å². The molecule has 4 nitrogen and oxygen atoms in total. The summed E-state index contributed by atoms with van der Waals surface area (Å²) in [6.07, 6.45) is 0. The summed E-state index contributed by atoms with van der Waals surface area (Å²) in [5, 5.41) is 8.85. The topological polar surface area (TPSA) is 78.2 Å². The van der Waals surface area contributed by atoms with E-state index in [4.69, 9.17) is 21.4 Å². The van der Waals surface area contributed by atoms with E-state index in [-0.39, 0.29) is 10.6 Å². The van der Waals surface area contributed by atoms with Gasteiger partial charge in [-0.05, 0) is 24.6 Å². The molecule has 0 aliphatic carbocycles. The van der Waals surface area contributed by atoms with Gasteiger partial charge in [0.2, 0.25) is 0 Å². The zero-order chi connectivity index (χ0) is 10.9. The van der Waals surface area contributed by atoms with Crippen molar-refractivity contribution in [1.29, 1.82) is 5.26 Å². The molecule has 0 aromatic heterocycles. The van der Waals surface area contributed by atoms with Gasteiger partial charge in [0.15, 0.2) is 0 Å². The van der Waals surface area contributed by atoms with E-state index in [9.17, 15) is 8.42 Å². The molecule has 1 rings (SSSR count). The Morgan fingerprint density at radius 2 is 2.07 bits per heavy atom. The summed E-state index contributed by atoms with van der Waals surface area (Å²) >= 11 is 5.60. The van der Waals surface area contributed by atoms with Crippen molar-refractivity contribution < 1.29 is 13.0 Å². The molecule has 0 aliphatic rings. The molecule has 14 heavy (non-hydrogen) atoms. The van der Waals surface area contributed by atoms with E-state index in [0.29, 0.717) is 5.56 Å². The minimum absolute atomic E-state index is 0.0862. The number of hydrogen-bond donors (Lipinski definition) is 1. The number of nitrogens with zero attached hydrogens (tertiary/aromatic N) is 1. The summed E-state index contributed by atoms with van der Waals surface area (Å²) in [5.74, 6) is 0. The van der Waals surface area contributed by atoms with Crippen LogP contribution < -0.4 is 0 Å². The zero-order valence-corrected chi connectivity index (χ0v) is 8.72. The van der Waals surface area contributed by atoms with Crippen molar-refractivity contribution in [2.24, 2.45) is 0 Å². The number of nitriles is 1. The molecule has 0 radical (unpaired) electrons. The van der Waals surface area contributed by atoms with Crippen LogP contribution in [0.5, 0.6) is 0 Å². The normalized spacial score (nSPS) is 11.0. The number of rotatable bonds is 1. The highest BCUT2D eigenvalue weighted by Gasteiger charge is 2.17. The lowest BCUT2D eigenvalue weighted by Gasteiger charge is -2.03. The number of aryl methyl sites for hydroxylation is 1. The predicted molar refractivity (Wildman–Crippen MR) is 50.7 cm³/mol. The van der Waals surface area contributed by atoms with Gasteiger partial charge in [0.05, 0.1) is 5.56 Å². The SMILES string of the molecule is Cc1cc(Cl)cc(S(=O)(=O)O)c1C#N. The maximum absolute atomic E-state index is 10.9. The van der Waals surface area contributed by atoms with Gasteiger partial charge in [-0.2, -0.15) is 13.7 Å². The minimum Gasteiger partial charge on any atom is -0.282 e. The van der Waals surface area contributed by atoms with Crippen molar-refractivity contribution in [2.45, 2.75) is 11.8 Å². The van der Waals surface area contributed by atoms with Crippen LogP contribution in [-0.4, -0.2) is 13.0 Å². The molecule has 0 aliphatic heterocycles. The fraction of sp³-hybridized carbons (Fsp3) is 0.125. The standard InChI is InChI=1S/C8H6ClNO3S/c1-5-2-6(9)3-8(7(5)4-10)14(11,12)13/h2-3H,1H3,(H,11,12,13). The van der Waals surface area contributed by atoms with E-state index < -0.39 is 15.0 Å². The molecular formula is C8H6ClNO3S. The van der Waals surface area contributed by atoms with Gasteiger partial charge in [-0.15, -0.1) is 0 Å². The summed E-state index contributed by atoms with van der Waals surface area (Å²) in [5.41, 5.74) is 0.324. The average molecular weight is 232 g/mol. The van der Waals surface area contributed by atoms with Crippen LogP contribution >= 0.6 is 11.6 Å². The van der Waals surface area contributed by atoms with Crippen LogP contribution in [0.1, 0.15) is 11.1 Å². The molecule has 1 N–H and O–H groups in total. The molecule has 1 aromatic rings. The molecule has 1 aromatic carbocycles. The van der Waals surface area contributed by atoms with Crippen LogP contribution in [0.2, 0.25) is 5.02 Å². The number of hydrogen-bond acceptors (Lipinski definition) is 3. The molecule has 0 saturated heterocycles. The smallest absolute Gasteiger partial charge is 0.282 e. The van der Waals surface area contributed by atoms with Crippen LogP contribution in [0.15, 0.2) is 17.0 Å². The molecule has 0 bridgehead atoms. The van der Waals surface area contributed by atoms with Gasteiger partial charge >= 0.3 is 0 Å². The zero-order valence-electron chi connectivity index (χ0n) is 7.15. The maximum atomic E-state index is 10.9. The number of benzene rings is 1. The van der Waals surface area contributed by atoms with E-state index in [0.717, 1.165) is 6.07 Å². The van der Waals surface area contributed by atoms with E-state index in [1.54, 1.807) is 13.0 Å². The summed E-state index contributed by atoms with van der Waals surface area (Å²) in [7, 11) is -4.40. The van der Waals surface area contributed by atoms with Crippen molar-refractivity contribution in [3.8, 4) is 6.07 Å². The summed E-state index contributed by atoms with van der Waals surface area (Å²) in [6.45, 7) is 1.54. The van der Waals surface area contributed by atoms with Crippen molar-refractivity contribution in [2.75, 3.05) is 0 Å². The highest BCUT2D eigenvalue weighted by atomic mass is 35.5. The van der Waals surface area contributed by atoms with Gasteiger partial charge in [-0.1, -0.05) is 11.6 Å². The summed E-state index contributed by atoms with van der Waals surface area (Å²) < 4.78 is 30.5. The molecular weight excluding hydrogens is 226 g/mol. The lowest BCUT2D eigenvalue weighted by molar-refractivity contribution is 0.483. The van der Waals surface area contributed by atoms with Crippen LogP contribution in [0.3, 0.4) is 0 Å². The Morgan fingerprint density at radius 1 is 1.50 bits per heavy atom. The average Bonchev–Trinajstić information content (AvgIpc) is 2.01. The van der Waals surface area contributed by atoms with Crippen LogP contribution in [-0.2, 0) is 10.1 Å². The molecule has 0 fully saturated rings. The third-order valence-electron chi connectivity index (χ3n) is 1.65. The first kappa shape index (κ1) is 11.0. The lowest BCUT2D eigenvalue weighted by Crippen LogP contribution is -2.02. The second-order valence-corrected chi connectivity index (χ2v) is 4.51. The molecule has 6 heteroatoms. The van der Waals surface area contributed by atoms with Crippen molar-refractivity contribution >= 4 is 21.7 Å². The first-order valence-electron chi connectivity index (χ1n) is 3.54. The van der Waals surface area contributed by atoms with Crippen LogP contribution in [0, 0.1) is 18.3 Å². The Kier molecular flexibility index (Phi) is 2.81.